The molecular formula is C14H19NOS. The number of hydrogen-bond acceptors (Lipinski definition) is 3. The first-order valence-corrected chi connectivity index (χ1v) is 7.00. The summed E-state index contributed by atoms with van der Waals surface area (Å²) in [6.45, 7) is 4.41. The highest BCUT2D eigenvalue weighted by atomic mass is 32.1. The molecule has 0 aliphatic rings. The van der Waals surface area contributed by atoms with Crippen molar-refractivity contribution in [3.05, 3.63) is 46.5 Å². The van der Waals surface area contributed by atoms with Crippen molar-refractivity contribution in [3.8, 4) is 0 Å². The summed E-state index contributed by atoms with van der Waals surface area (Å²) in [6, 6.07) is 7.12. The number of rotatable bonds is 6. The summed E-state index contributed by atoms with van der Waals surface area (Å²) < 4.78 is 5.13. The average Bonchev–Trinajstić information content (AvgIpc) is 3.01. The van der Waals surface area contributed by atoms with Crippen molar-refractivity contribution >= 4 is 11.3 Å². The van der Waals surface area contributed by atoms with Gasteiger partial charge in [0.25, 0.3) is 0 Å². The van der Waals surface area contributed by atoms with Gasteiger partial charge < -0.3 is 9.73 Å². The van der Waals surface area contributed by atoms with Gasteiger partial charge >= 0.3 is 0 Å². The number of hydrogen-bond donors (Lipinski definition) is 1. The second-order valence-electron chi connectivity index (χ2n) is 4.30. The molecule has 2 atom stereocenters. The van der Waals surface area contributed by atoms with Crippen LogP contribution in [0, 0.1) is 0 Å². The van der Waals surface area contributed by atoms with Crippen LogP contribution in [0.1, 0.15) is 49.2 Å². The van der Waals surface area contributed by atoms with E-state index in [4.69, 9.17) is 4.42 Å². The van der Waals surface area contributed by atoms with Crippen LogP contribution in [0.2, 0.25) is 0 Å². The van der Waals surface area contributed by atoms with Crippen molar-refractivity contribution < 1.29 is 4.42 Å². The Morgan fingerprint density at radius 3 is 2.88 bits per heavy atom. The Bertz CT molecular complexity index is 407. The number of nitrogens with one attached hydrogen (secondary N) is 1. The van der Waals surface area contributed by atoms with E-state index in [2.05, 4.69) is 36.7 Å². The highest BCUT2D eigenvalue weighted by Gasteiger charge is 2.15. The fourth-order valence-electron chi connectivity index (χ4n) is 2.01. The monoisotopic (exact) mass is 249 g/mol. The van der Waals surface area contributed by atoms with Crippen molar-refractivity contribution in [1.29, 1.82) is 0 Å². The third kappa shape index (κ3) is 3.20. The van der Waals surface area contributed by atoms with E-state index in [1.165, 1.54) is 23.3 Å². The first-order chi connectivity index (χ1) is 8.31. The van der Waals surface area contributed by atoms with E-state index in [1.54, 1.807) is 6.26 Å². The molecule has 2 unspecified atom stereocenters. The van der Waals surface area contributed by atoms with Crippen LogP contribution in [-0.2, 0) is 0 Å². The molecule has 0 aromatic carbocycles. The van der Waals surface area contributed by atoms with Gasteiger partial charge in [0.1, 0.15) is 0 Å². The van der Waals surface area contributed by atoms with Crippen LogP contribution in [0.15, 0.2) is 40.5 Å². The van der Waals surface area contributed by atoms with Crippen molar-refractivity contribution in [2.24, 2.45) is 0 Å². The molecule has 0 saturated heterocycles. The predicted molar refractivity (Wildman–Crippen MR) is 72.2 cm³/mol. The summed E-state index contributed by atoms with van der Waals surface area (Å²) >= 11 is 1.82. The third-order valence-corrected chi connectivity index (χ3v) is 3.94. The molecule has 0 aliphatic heterocycles. The van der Waals surface area contributed by atoms with Gasteiger partial charge in [-0.3, -0.25) is 0 Å². The highest BCUT2D eigenvalue weighted by Crippen LogP contribution is 2.26. The lowest BCUT2D eigenvalue weighted by Crippen LogP contribution is -2.23. The molecule has 3 heteroatoms. The SMILES string of the molecule is CCCC(NC(C)c1ccoc1)c1cccs1. The van der Waals surface area contributed by atoms with Gasteiger partial charge in [-0.25, -0.2) is 0 Å². The van der Waals surface area contributed by atoms with Crippen LogP contribution in [-0.4, -0.2) is 0 Å². The number of furan rings is 1. The molecule has 17 heavy (non-hydrogen) atoms. The Kier molecular flexibility index (Phi) is 4.40. The molecule has 0 bridgehead atoms. The molecule has 0 aliphatic carbocycles. The quantitative estimate of drug-likeness (QED) is 0.813. The topological polar surface area (TPSA) is 25.2 Å². The average molecular weight is 249 g/mol. The van der Waals surface area contributed by atoms with Gasteiger partial charge in [-0.1, -0.05) is 19.4 Å². The molecule has 2 nitrogen and oxygen atoms in total. The fourth-order valence-corrected chi connectivity index (χ4v) is 2.83. The lowest BCUT2D eigenvalue weighted by Gasteiger charge is -2.21. The van der Waals surface area contributed by atoms with Gasteiger partial charge in [0, 0.05) is 22.5 Å². The minimum absolute atomic E-state index is 0.326. The Hall–Kier alpha value is -1.06. The van der Waals surface area contributed by atoms with Gasteiger partial charge in [0.15, 0.2) is 0 Å². The van der Waals surface area contributed by atoms with E-state index in [0.717, 1.165) is 0 Å². The summed E-state index contributed by atoms with van der Waals surface area (Å²) in [4.78, 5) is 1.42. The molecule has 92 valence electrons. The van der Waals surface area contributed by atoms with Gasteiger partial charge in [-0.15, -0.1) is 11.3 Å². The molecule has 2 aromatic heterocycles. The van der Waals surface area contributed by atoms with E-state index in [9.17, 15) is 0 Å². The molecule has 0 radical (unpaired) electrons. The van der Waals surface area contributed by atoms with Gasteiger partial charge in [-0.05, 0) is 30.9 Å². The molecule has 0 fully saturated rings. The summed E-state index contributed by atoms with van der Waals surface area (Å²) in [6.07, 6.45) is 5.90. The zero-order valence-corrected chi connectivity index (χ0v) is 11.2. The van der Waals surface area contributed by atoms with Crippen LogP contribution in [0.5, 0.6) is 0 Å². The largest absolute Gasteiger partial charge is 0.472 e. The fraction of sp³-hybridized carbons (Fsp3) is 0.429. The van der Waals surface area contributed by atoms with E-state index in [1.807, 2.05) is 23.7 Å². The zero-order chi connectivity index (χ0) is 12.1. The summed E-state index contributed by atoms with van der Waals surface area (Å²) in [5.74, 6) is 0. The molecule has 0 spiro atoms. The Morgan fingerprint density at radius 2 is 2.29 bits per heavy atom. The lowest BCUT2D eigenvalue weighted by molar-refractivity contribution is 0.441. The molecule has 0 saturated carbocycles. The Labute approximate surface area is 107 Å². The van der Waals surface area contributed by atoms with Crippen LogP contribution in [0.4, 0.5) is 0 Å². The first kappa shape index (κ1) is 12.4. The van der Waals surface area contributed by atoms with Crippen molar-refractivity contribution in [2.75, 3.05) is 0 Å². The minimum atomic E-state index is 0.326. The Morgan fingerprint density at radius 1 is 1.41 bits per heavy atom. The first-order valence-electron chi connectivity index (χ1n) is 6.12. The lowest BCUT2D eigenvalue weighted by atomic mass is 10.1. The third-order valence-electron chi connectivity index (χ3n) is 2.96. The number of thiophene rings is 1. The molecule has 2 heterocycles. The zero-order valence-electron chi connectivity index (χ0n) is 10.3. The predicted octanol–water partition coefficient (Wildman–Crippen LogP) is 4.53. The summed E-state index contributed by atoms with van der Waals surface area (Å²) in [5.41, 5.74) is 1.21. The summed E-state index contributed by atoms with van der Waals surface area (Å²) in [7, 11) is 0. The highest BCUT2D eigenvalue weighted by molar-refractivity contribution is 7.10. The van der Waals surface area contributed by atoms with E-state index < -0.39 is 0 Å². The van der Waals surface area contributed by atoms with Gasteiger partial charge in [-0.2, -0.15) is 0 Å². The van der Waals surface area contributed by atoms with Gasteiger partial charge in [0.05, 0.1) is 12.5 Å². The van der Waals surface area contributed by atoms with Crippen molar-refractivity contribution in [2.45, 2.75) is 38.8 Å². The van der Waals surface area contributed by atoms with Crippen molar-refractivity contribution in [3.63, 3.8) is 0 Å². The molecule has 2 rings (SSSR count). The molecular weight excluding hydrogens is 230 g/mol. The normalized spacial score (nSPS) is 14.7. The smallest absolute Gasteiger partial charge is 0.0950 e. The Balaban J connectivity index is 2.03. The maximum Gasteiger partial charge on any atom is 0.0950 e. The second kappa shape index (κ2) is 6.03. The van der Waals surface area contributed by atoms with E-state index >= 15 is 0 Å². The van der Waals surface area contributed by atoms with Gasteiger partial charge in [0.2, 0.25) is 0 Å². The molecule has 2 aromatic rings. The van der Waals surface area contributed by atoms with Crippen molar-refractivity contribution in [1.82, 2.24) is 5.32 Å². The van der Waals surface area contributed by atoms with Crippen LogP contribution < -0.4 is 5.32 Å². The maximum atomic E-state index is 5.13. The van der Waals surface area contributed by atoms with Crippen LogP contribution in [0.3, 0.4) is 0 Å². The molecule has 1 N–H and O–H groups in total. The van der Waals surface area contributed by atoms with Crippen LogP contribution >= 0.6 is 11.3 Å². The second-order valence-corrected chi connectivity index (χ2v) is 5.28. The summed E-state index contributed by atoms with van der Waals surface area (Å²) in [5, 5.41) is 5.81. The van der Waals surface area contributed by atoms with E-state index in [-0.39, 0.29) is 0 Å². The van der Waals surface area contributed by atoms with Crippen LogP contribution in [0.25, 0.3) is 0 Å². The molecule has 0 amide bonds. The standard InChI is InChI=1S/C14H19NOS/c1-3-5-13(14-6-4-9-17-14)15-11(2)12-7-8-16-10-12/h4,6-11,13,15H,3,5H2,1-2H3. The van der Waals surface area contributed by atoms with E-state index in [0.29, 0.717) is 12.1 Å². The maximum absolute atomic E-state index is 5.13. The minimum Gasteiger partial charge on any atom is -0.472 e.